The van der Waals surface area contributed by atoms with Gasteiger partial charge < -0.3 is 11.5 Å². The molecule has 0 aromatic rings. The van der Waals surface area contributed by atoms with Crippen molar-refractivity contribution < 1.29 is 0 Å². The van der Waals surface area contributed by atoms with Gasteiger partial charge in [0.15, 0.2) is 0 Å². The summed E-state index contributed by atoms with van der Waals surface area (Å²) in [5.74, 6) is 1.07. The van der Waals surface area contributed by atoms with Gasteiger partial charge in [-0.05, 0) is 25.8 Å². The van der Waals surface area contributed by atoms with Crippen LogP contribution in [0.3, 0.4) is 0 Å². The van der Waals surface area contributed by atoms with Crippen LogP contribution in [0.25, 0.3) is 0 Å². The maximum Gasteiger partial charge on any atom is 0.0275 e. The van der Waals surface area contributed by atoms with Crippen LogP contribution in [0.15, 0.2) is 0 Å². The van der Waals surface area contributed by atoms with E-state index in [0.29, 0.717) is 4.75 Å². The van der Waals surface area contributed by atoms with E-state index in [0.717, 1.165) is 18.8 Å². The molecule has 0 aromatic carbocycles. The Morgan fingerprint density at radius 2 is 1.71 bits per heavy atom. The molecule has 1 rings (SSSR count). The van der Waals surface area contributed by atoms with Crippen molar-refractivity contribution in [2.45, 2.75) is 43.3 Å². The van der Waals surface area contributed by atoms with E-state index in [1.165, 1.54) is 38.5 Å². The Balaban J connectivity index is 2.34. The topological polar surface area (TPSA) is 52.0 Å². The minimum absolute atomic E-state index is 0.479. The van der Waals surface area contributed by atoms with Gasteiger partial charge in [-0.25, -0.2) is 0 Å². The summed E-state index contributed by atoms with van der Waals surface area (Å²) in [7, 11) is 3.99. The van der Waals surface area contributed by atoms with Gasteiger partial charge in [-0.15, -0.1) is 0 Å². The third-order valence-corrected chi connectivity index (χ3v) is 6.20. The normalized spacial score (nSPS) is 21.0. The Bertz CT molecular complexity index is 142. The Labute approximate surface area is 95.3 Å². The number of rotatable bonds is 6. The third-order valence-electron chi connectivity index (χ3n) is 2.80. The summed E-state index contributed by atoms with van der Waals surface area (Å²) in [6.45, 7) is 1.62. The van der Waals surface area contributed by atoms with Crippen LogP contribution in [0.2, 0.25) is 0 Å². The molecule has 1 aliphatic carbocycles. The standard InChI is InChI=1S/C10H22N2S2/c11-7-6-10(14-13-9-8-12)4-2-1-3-5-10/h1-9,11-12H2. The van der Waals surface area contributed by atoms with Crippen LogP contribution < -0.4 is 11.5 Å². The van der Waals surface area contributed by atoms with Crippen LogP contribution in [0.4, 0.5) is 0 Å². The van der Waals surface area contributed by atoms with Crippen molar-refractivity contribution in [2.75, 3.05) is 18.8 Å². The third kappa shape index (κ3) is 4.01. The van der Waals surface area contributed by atoms with Crippen molar-refractivity contribution in [2.24, 2.45) is 11.5 Å². The molecule has 4 N–H and O–H groups in total. The Morgan fingerprint density at radius 1 is 1.00 bits per heavy atom. The quantitative estimate of drug-likeness (QED) is 0.547. The lowest BCUT2D eigenvalue weighted by molar-refractivity contribution is 0.384. The summed E-state index contributed by atoms with van der Waals surface area (Å²) < 4.78 is 0.479. The second-order valence-electron chi connectivity index (χ2n) is 3.98. The smallest absolute Gasteiger partial charge is 0.0275 e. The van der Waals surface area contributed by atoms with E-state index in [4.69, 9.17) is 11.5 Å². The van der Waals surface area contributed by atoms with E-state index in [9.17, 15) is 0 Å². The lowest BCUT2D eigenvalue weighted by Crippen LogP contribution is -2.30. The number of hydrogen-bond acceptors (Lipinski definition) is 4. The van der Waals surface area contributed by atoms with Crippen molar-refractivity contribution in [3.05, 3.63) is 0 Å². The van der Waals surface area contributed by atoms with Crippen LogP contribution >= 0.6 is 21.6 Å². The first-order valence-electron chi connectivity index (χ1n) is 5.54. The maximum absolute atomic E-state index is 5.70. The zero-order valence-corrected chi connectivity index (χ0v) is 10.5. The van der Waals surface area contributed by atoms with Gasteiger partial charge >= 0.3 is 0 Å². The van der Waals surface area contributed by atoms with Gasteiger partial charge in [0.2, 0.25) is 0 Å². The molecule has 0 amide bonds. The molecule has 2 nitrogen and oxygen atoms in total. The Hall–Kier alpha value is 0.620. The van der Waals surface area contributed by atoms with E-state index < -0.39 is 0 Å². The van der Waals surface area contributed by atoms with Gasteiger partial charge in [0.1, 0.15) is 0 Å². The highest BCUT2D eigenvalue weighted by Crippen LogP contribution is 2.47. The molecule has 0 aliphatic heterocycles. The summed E-state index contributed by atoms with van der Waals surface area (Å²) in [6, 6.07) is 0. The van der Waals surface area contributed by atoms with E-state index in [-0.39, 0.29) is 0 Å². The molecule has 1 saturated carbocycles. The number of nitrogens with two attached hydrogens (primary N) is 2. The van der Waals surface area contributed by atoms with Crippen molar-refractivity contribution in [1.82, 2.24) is 0 Å². The number of hydrogen-bond donors (Lipinski definition) is 2. The first kappa shape index (κ1) is 12.7. The van der Waals surface area contributed by atoms with E-state index in [1.807, 2.05) is 10.8 Å². The van der Waals surface area contributed by atoms with E-state index in [2.05, 4.69) is 10.8 Å². The van der Waals surface area contributed by atoms with Gasteiger partial charge in [-0.3, -0.25) is 0 Å². The molecule has 0 aromatic heterocycles. The molecule has 0 unspecified atom stereocenters. The molecule has 0 radical (unpaired) electrons. The predicted octanol–water partition coefficient (Wildman–Crippen LogP) is 2.38. The van der Waals surface area contributed by atoms with E-state index in [1.54, 1.807) is 0 Å². The molecule has 0 saturated heterocycles. The Morgan fingerprint density at radius 3 is 2.29 bits per heavy atom. The first-order valence-corrected chi connectivity index (χ1v) is 7.86. The fraction of sp³-hybridized carbons (Fsp3) is 1.00. The van der Waals surface area contributed by atoms with Crippen LogP contribution in [-0.4, -0.2) is 23.6 Å². The minimum Gasteiger partial charge on any atom is -0.330 e. The van der Waals surface area contributed by atoms with Gasteiger partial charge in [0, 0.05) is 17.0 Å². The van der Waals surface area contributed by atoms with Crippen LogP contribution in [0.5, 0.6) is 0 Å². The lowest BCUT2D eigenvalue weighted by Gasteiger charge is -2.35. The zero-order chi connectivity index (χ0) is 10.3. The largest absolute Gasteiger partial charge is 0.330 e. The van der Waals surface area contributed by atoms with Crippen molar-refractivity contribution in [3.63, 3.8) is 0 Å². The lowest BCUT2D eigenvalue weighted by atomic mass is 9.86. The molecule has 0 bridgehead atoms. The summed E-state index contributed by atoms with van der Waals surface area (Å²) in [6.07, 6.45) is 8.06. The molecule has 1 aliphatic rings. The fourth-order valence-electron chi connectivity index (χ4n) is 2.05. The highest BCUT2D eigenvalue weighted by atomic mass is 33.1. The van der Waals surface area contributed by atoms with Crippen molar-refractivity contribution >= 4 is 21.6 Å². The fourth-order valence-corrected chi connectivity index (χ4v) is 5.17. The average Bonchev–Trinajstić information content (AvgIpc) is 2.20. The highest BCUT2D eigenvalue weighted by molar-refractivity contribution is 8.77. The minimum atomic E-state index is 0.479. The van der Waals surface area contributed by atoms with Gasteiger partial charge in [-0.1, -0.05) is 40.9 Å². The van der Waals surface area contributed by atoms with Crippen LogP contribution in [-0.2, 0) is 0 Å². The van der Waals surface area contributed by atoms with Gasteiger partial charge in [0.05, 0.1) is 0 Å². The second kappa shape index (κ2) is 6.99. The summed E-state index contributed by atoms with van der Waals surface area (Å²) in [4.78, 5) is 0. The predicted molar refractivity (Wildman–Crippen MR) is 68.6 cm³/mol. The van der Waals surface area contributed by atoms with Crippen molar-refractivity contribution in [3.8, 4) is 0 Å². The maximum atomic E-state index is 5.70. The molecular weight excluding hydrogens is 212 g/mol. The molecule has 0 atom stereocenters. The Kier molecular flexibility index (Phi) is 6.33. The summed E-state index contributed by atoms with van der Waals surface area (Å²) in [5.41, 5.74) is 11.2. The van der Waals surface area contributed by atoms with Gasteiger partial charge in [-0.2, -0.15) is 0 Å². The monoisotopic (exact) mass is 234 g/mol. The molecular formula is C10H22N2S2. The summed E-state index contributed by atoms with van der Waals surface area (Å²) in [5, 5.41) is 0. The zero-order valence-electron chi connectivity index (χ0n) is 8.84. The molecule has 14 heavy (non-hydrogen) atoms. The van der Waals surface area contributed by atoms with Crippen molar-refractivity contribution in [1.29, 1.82) is 0 Å². The average molecular weight is 234 g/mol. The van der Waals surface area contributed by atoms with Gasteiger partial charge in [0.25, 0.3) is 0 Å². The second-order valence-corrected chi connectivity index (χ2v) is 6.86. The molecule has 0 heterocycles. The SMILES string of the molecule is NCCSSC1(CCN)CCCCC1. The molecule has 4 heteroatoms. The molecule has 0 spiro atoms. The highest BCUT2D eigenvalue weighted by Gasteiger charge is 2.31. The summed E-state index contributed by atoms with van der Waals surface area (Å²) >= 11 is 0. The first-order chi connectivity index (χ1) is 6.83. The van der Waals surface area contributed by atoms with E-state index >= 15 is 0 Å². The van der Waals surface area contributed by atoms with Crippen LogP contribution in [0, 0.1) is 0 Å². The molecule has 1 fully saturated rings. The van der Waals surface area contributed by atoms with Crippen LogP contribution in [0.1, 0.15) is 38.5 Å². The molecule has 84 valence electrons.